The Bertz CT molecular complexity index is 1010. The molecule has 4 rings (SSSR count). The molecular formula is C20H16N2O5. The van der Waals surface area contributed by atoms with Gasteiger partial charge in [0.15, 0.2) is 0 Å². The van der Waals surface area contributed by atoms with Gasteiger partial charge in [0.2, 0.25) is 5.91 Å². The summed E-state index contributed by atoms with van der Waals surface area (Å²) >= 11 is 0. The number of aryl methyl sites for hydroxylation is 1. The van der Waals surface area contributed by atoms with Gasteiger partial charge in [-0.05, 0) is 30.2 Å². The van der Waals surface area contributed by atoms with Gasteiger partial charge in [-0.15, -0.1) is 0 Å². The van der Waals surface area contributed by atoms with Gasteiger partial charge in [-0.3, -0.25) is 19.8 Å². The summed E-state index contributed by atoms with van der Waals surface area (Å²) in [6.07, 6.45) is 0.0447. The topological polar surface area (TPSA) is 89.8 Å². The largest absolute Gasteiger partial charge is 0.456 e. The van der Waals surface area contributed by atoms with Crippen molar-refractivity contribution in [2.24, 2.45) is 0 Å². The first-order valence-electron chi connectivity index (χ1n) is 8.50. The van der Waals surface area contributed by atoms with Crippen LogP contribution in [0.25, 0.3) is 0 Å². The first-order valence-corrected chi connectivity index (χ1v) is 8.50. The second-order valence-corrected chi connectivity index (χ2v) is 6.61. The lowest BCUT2D eigenvalue weighted by atomic mass is 9.84. The Hall–Kier alpha value is -3.48. The number of ether oxygens (including phenoxy) is 1. The molecule has 7 nitrogen and oxygen atoms in total. The van der Waals surface area contributed by atoms with Gasteiger partial charge >= 0.3 is 5.97 Å². The molecule has 0 fully saturated rings. The van der Waals surface area contributed by atoms with E-state index in [1.807, 2.05) is 31.2 Å². The smallest absolute Gasteiger partial charge is 0.336 e. The molecule has 0 aliphatic carbocycles. The van der Waals surface area contributed by atoms with Crippen molar-refractivity contribution < 1.29 is 19.2 Å². The zero-order valence-electron chi connectivity index (χ0n) is 14.5. The normalized spacial score (nSPS) is 19.1. The van der Waals surface area contributed by atoms with E-state index in [1.54, 1.807) is 12.1 Å². The molecule has 7 heteroatoms. The van der Waals surface area contributed by atoms with Crippen LogP contribution in [0.5, 0.6) is 0 Å². The molecule has 2 aromatic rings. The molecule has 1 amide bonds. The Morgan fingerprint density at radius 3 is 2.67 bits per heavy atom. The van der Waals surface area contributed by atoms with Gasteiger partial charge in [0.1, 0.15) is 6.61 Å². The first kappa shape index (κ1) is 17.0. The molecule has 0 spiro atoms. The van der Waals surface area contributed by atoms with E-state index in [4.69, 9.17) is 4.74 Å². The molecule has 0 saturated heterocycles. The maximum Gasteiger partial charge on any atom is 0.336 e. The van der Waals surface area contributed by atoms with Crippen LogP contribution in [-0.4, -0.2) is 23.4 Å². The highest BCUT2D eigenvalue weighted by Crippen LogP contribution is 2.42. The predicted molar refractivity (Wildman–Crippen MR) is 97.1 cm³/mol. The fourth-order valence-electron chi connectivity index (χ4n) is 3.66. The maximum atomic E-state index is 12.9. The summed E-state index contributed by atoms with van der Waals surface area (Å²) in [6.45, 7) is 1.94. The van der Waals surface area contributed by atoms with Gasteiger partial charge in [-0.1, -0.05) is 24.3 Å². The van der Waals surface area contributed by atoms with Gasteiger partial charge in [0.05, 0.1) is 16.2 Å². The van der Waals surface area contributed by atoms with E-state index in [0.29, 0.717) is 22.5 Å². The number of carbonyl (C=O) groups excluding carboxylic acids is 2. The zero-order valence-corrected chi connectivity index (χ0v) is 14.5. The van der Waals surface area contributed by atoms with Crippen molar-refractivity contribution in [2.75, 3.05) is 11.5 Å². The molecule has 2 aliphatic rings. The van der Waals surface area contributed by atoms with Crippen molar-refractivity contribution in [1.82, 2.24) is 0 Å². The van der Waals surface area contributed by atoms with Crippen LogP contribution < -0.4 is 4.90 Å². The number of anilines is 1. The molecule has 0 unspecified atom stereocenters. The molecular weight excluding hydrogens is 348 g/mol. The van der Waals surface area contributed by atoms with Crippen LogP contribution in [0.15, 0.2) is 59.8 Å². The number of carbonyl (C=O) groups is 2. The number of amides is 1. The second-order valence-electron chi connectivity index (χ2n) is 6.61. The van der Waals surface area contributed by atoms with Gasteiger partial charge in [-0.25, -0.2) is 4.79 Å². The summed E-state index contributed by atoms with van der Waals surface area (Å²) in [5.74, 6) is -1.20. The van der Waals surface area contributed by atoms with Crippen LogP contribution in [0.3, 0.4) is 0 Å². The average Bonchev–Trinajstić information content (AvgIpc) is 3.02. The molecule has 0 radical (unpaired) electrons. The van der Waals surface area contributed by atoms with Crippen molar-refractivity contribution in [2.45, 2.75) is 19.3 Å². The first-order chi connectivity index (χ1) is 13.0. The number of rotatable bonds is 3. The summed E-state index contributed by atoms with van der Waals surface area (Å²) in [5.41, 5.74) is 3.08. The third kappa shape index (κ3) is 2.87. The third-order valence-electron chi connectivity index (χ3n) is 4.86. The van der Waals surface area contributed by atoms with E-state index in [9.17, 15) is 19.7 Å². The highest BCUT2D eigenvalue weighted by molar-refractivity contribution is 6.06. The van der Waals surface area contributed by atoms with Gasteiger partial charge in [-0.2, -0.15) is 0 Å². The van der Waals surface area contributed by atoms with E-state index in [-0.39, 0.29) is 24.6 Å². The van der Waals surface area contributed by atoms with E-state index >= 15 is 0 Å². The molecule has 0 bridgehead atoms. The Morgan fingerprint density at radius 1 is 1.15 bits per heavy atom. The van der Waals surface area contributed by atoms with Crippen LogP contribution in [0.2, 0.25) is 0 Å². The number of hydrogen-bond donors (Lipinski definition) is 0. The number of esters is 1. The number of hydrogen-bond acceptors (Lipinski definition) is 5. The Morgan fingerprint density at radius 2 is 1.93 bits per heavy atom. The number of cyclic esters (lactones) is 1. The lowest BCUT2D eigenvalue weighted by Gasteiger charge is -2.32. The Balaban J connectivity index is 1.83. The quantitative estimate of drug-likeness (QED) is 0.474. The Kier molecular flexibility index (Phi) is 3.99. The van der Waals surface area contributed by atoms with E-state index < -0.39 is 16.8 Å². The van der Waals surface area contributed by atoms with Crippen LogP contribution >= 0.6 is 0 Å². The Labute approximate surface area is 155 Å². The SMILES string of the molecule is Cc1cccc(N2C(=O)C[C@@H](c3cccc([N+](=O)[O-])c3)C3=C2COC3=O)c1. The summed E-state index contributed by atoms with van der Waals surface area (Å²) in [5, 5.41) is 11.1. The number of non-ortho nitro benzene ring substituents is 1. The molecule has 1 atom stereocenters. The fourth-order valence-corrected chi connectivity index (χ4v) is 3.66. The number of nitro benzene ring substituents is 1. The van der Waals surface area contributed by atoms with Crippen molar-refractivity contribution in [1.29, 1.82) is 0 Å². The maximum absolute atomic E-state index is 12.9. The van der Waals surface area contributed by atoms with E-state index in [2.05, 4.69) is 0 Å². The van der Waals surface area contributed by atoms with Crippen molar-refractivity contribution in [3.05, 3.63) is 81.0 Å². The molecule has 27 heavy (non-hydrogen) atoms. The number of benzene rings is 2. The predicted octanol–water partition coefficient (Wildman–Crippen LogP) is 3.23. The minimum absolute atomic E-state index is 0.0132. The van der Waals surface area contributed by atoms with E-state index in [0.717, 1.165) is 5.56 Å². The van der Waals surface area contributed by atoms with Crippen molar-refractivity contribution >= 4 is 23.3 Å². The van der Waals surface area contributed by atoms with Crippen LogP contribution in [0, 0.1) is 17.0 Å². The van der Waals surface area contributed by atoms with Crippen molar-refractivity contribution in [3.8, 4) is 0 Å². The average molecular weight is 364 g/mol. The van der Waals surface area contributed by atoms with Gasteiger partial charge in [0, 0.05) is 30.2 Å². The minimum Gasteiger partial charge on any atom is -0.456 e. The molecule has 136 valence electrons. The number of nitrogens with zero attached hydrogens (tertiary/aromatic N) is 2. The summed E-state index contributed by atoms with van der Waals surface area (Å²) in [6, 6.07) is 13.5. The fraction of sp³-hybridized carbons (Fsp3) is 0.200. The zero-order chi connectivity index (χ0) is 19.1. The van der Waals surface area contributed by atoms with E-state index in [1.165, 1.54) is 17.0 Å². The molecule has 2 aromatic carbocycles. The van der Waals surface area contributed by atoms with Crippen LogP contribution in [0.1, 0.15) is 23.5 Å². The number of nitro groups is 1. The molecule has 0 saturated carbocycles. The summed E-state index contributed by atoms with van der Waals surface area (Å²) in [4.78, 5) is 37.5. The highest BCUT2D eigenvalue weighted by atomic mass is 16.6. The molecule has 2 heterocycles. The lowest BCUT2D eigenvalue weighted by molar-refractivity contribution is -0.384. The standard InChI is InChI=1S/C20H16N2O5/c1-12-4-2-6-14(8-12)21-17-11-27-20(24)19(17)16(10-18(21)23)13-5-3-7-15(9-13)22(25)26/h2-9,16H,10-11H2,1H3/t16-/m0/s1. The molecule has 0 N–H and O–H groups in total. The summed E-state index contributed by atoms with van der Waals surface area (Å²) in [7, 11) is 0. The second kappa shape index (κ2) is 6.35. The highest BCUT2D eigenvalue weighted by Gasteiger charge is 2.43. The van der Waals surface area contributed by atoms with Crippen LogP contribution in [-0.2, 0) is 14.3 Å². The van der Waals surface area contributed by atoms with Crippen molar-refractivity contribution in [3.63, 3.8) is 0 Å². The van der Waals surface area contributed by atoms with Gasteiger partial charge in [0.25, 0.3) is 5.69 Å². The lowest BCUT2D eigenvalue weighted by Crippen LogP contribution is -2.37. The third-order valence-corrected chi connectivity index (χ3v) is 4.86. The monoisotopic (exact) mass is 364 g/mol. The van der Waals surface area contributed by atoms with Gasteiger partial charge < -0.3 is 4.74 Å². The minimum atomic E-state index is -0.552. The summed E-state index contributed by atoms with van der Waals surface area (Å²) < 4.78 is 5.22. The van der Waals surface area contributed by atoms with Crippen LogP contribution in [0.4, 0.5) is 11.4 Å². The molecule has 0 aromatic heterocycles. The molecule has 2 aliphatic heterocycles.